The molecule has 1 N–H and O–H groups in total. The van der Waals surface area contributed by atoms with Crippen molar-refractivity contribution in [1.82, 2.24) is 15.0 Å². The van der Waals surface area contributed by atoms with E-state index < -0.39 is 0 Å². The third kappa shape index (κ3) is 3.99. The van der Waals surface area contributed by atoms with Crippen molar-refractivity contribution < 1.29 is 0 Å². The molecular formula is C14H20N4S. The molecule has 2 aromatic heterocycles. The maximum absolute atomic E-state index is 4.63. The molecule has 0 aromatic carbocycles. The third-order valence-electron chi connectivity index (χ3n) is 2.68. The van der Waals surface area contributed by atoms with E-state index in [0.717, 1.165) is 41.7 Å². The van der Waals surface area contributed by atoms with Crippen LogP contribution in [0.4, 0.5) is 5.82 Å². The number of anilines is 1. The molecule has 2 aromatic rings. The first-order valence-electron chi connectivity index (χ1n) is 6.69. The molecule has 0 saturated carbocycles. The molecule has 0 unspecified atom stereocenters. The molecule has 0 aliphatic heterocycles. The van der Waals surface area contributed by atoms with Gasteiger partial charge in [0.2, 0.25) is 0 Å². The van der Waals surface area contributed by atoms with Gasteiger partial charge < -0.3 is 5.32 Å². The highest BCUT2D eigenvalue weighted by Gasteiger charge is 2.09. The lowest BCUT2D eigenvalue weighted by atomic mass is 10.2. The lowest BCUT2D eigenvalue weighted by Gasteiger charge is -2.10. The van der Waals surface area contributed by atoms with Gasteiger partial charge in [0.1, 0.15) is 11.6 Å². The van der Waals surface area contributed by atoms with Gasteiger partial charge in [-0.3, -0.25) is 0 Å². The zero-order chi connectivity index (χ0) is 13.7. The molecule has 0 fully saturated rings. The number of aromatic nitrogens is 3. The zero-order valence-corrected chi connectivity index (χ0v) is 12.5. The van der Waals surface area contributed by atoms with E-state index in [-0.39, 0.29) is 0 Å². The smallest absolute Gasteiger partial charge is 0.133 e. The van der Waals surface area contributed by atoms with Crippen LogP contribution in [-0.2, 0) is 6.42 Å². The fraction of sp³-hybridized carbons (Fsp3) is 0.500. The predicted molar refractivity (Wildman–Crippen MR) is 79.8 cm³/mol. The second-order valence-electron chi connectivity index (χ2n) is 4.79. The third-order valence-corrected chi connectivity index (χ3v) is 3.46. The highest BCUT2D eigenvalue weighted by molar-refractivity contribution is 7.09. The largest absolute Gasteiger partial charge is 0.370 e. The fourth-order valence-electron chi connectivity index (χ4n) is 1.71. The number of rotatable bonds is 6. The van der Waals surface area contributed by atoms with E-state index in [1.807, 2.05) is 17.6 Å². The Bertz CT molecular complexity index is 508. The Balaban J connectivity index is 2.23. The van der Waals surface area contributed by atoms with Crippen molar-refractivity contribution in [2.45, 2.75) is 39.5 Å². The summed E-state index contributed by atoms with van der Waals surface area (Å²) in [6, 6.07) is 2.03. The Morgan fingerprint density at radius 2 is 2.16 bits per heavy atom. The first-order chi connectivity index (χ1) is 9.19. The van der Waals surface area contributed by atoms with Gasteiger partial charge in [-0.1, -0.05) is 20.8 Å². The van der Waals surface area contributed by atoms with Crippen LogP contribution in [0.15, 0.2) is 17.6 Å². The molecule has 4 nitrogen and oxygen atoms in total. The van der Waals surface area contributed by atoms with E-state index in [1.54, 1.807) is 11.3 Å². The molecular weight excluding hydrogens is 256 g/mol. The Morgan fingerprint density at radius 1 is 1.32 bits per heavy atom. The summed E-state index contributed by atoms with van der Waals surface area (Å²) in [5, 5.41) is 6.43. The first kappa shape index (κ1) is 13.9. The van der Waals surface area contributed by atoms with Crippen LogP contribution in [0.1, 0.15) is 49.6 Å². The van der Waals surface area contributed by atoms with Crippen LogP contribution in [0.5, 0.6) is 0 Å². The summed E-state index contributed by atoms with van der Waals surface area (Å²) >= 11 is 1.66. The van der Waals surface area contributed by atoms with E-state index in [1.165, 1.54) is 0 Å². The number of nitrogens with one attached hydrogen (secondary N) is 1. The lowest BCUT2D eigenvalue weighted by molar-refractivity contribution is 0.760. The van der Waals surface area contributed by atoms with Crippen LogP contribution in [0.2, 0.25) is 0 Å². The second kappa shape index (κ2) is 6.61. The van der Waals surface area contributed by atoms with E-state index in [0.29, 0.717) is 5.92 Å². The van der Waals surface area contributed by atoms with Gasteiger partial charge in [-0.25, -0.2) is 15.0 Å². The van der Waals surface area contributed by atoms with Gasteiger partial charge >= 0.3 is 0 Å². The van der Waals surface area contributed by atoms with Crippen molar-refractivity contribution in [1.29, 1.82) is 0 Å². The van der Waals surface area contributed by atoms with Crippen molar-refractivity contribution in [2.75, 3.05) is 11.9 Å². The summed E-state index contributed by atoms with van der Waals surface area (Å²) in [6.45, 7) is 7.32. The summed E-state index contributed by atoms with van der Waals surface area (Å²) in [5.41, 5.74) is 1.03. The predicted octanol–water partition coefficient (Wildman–Crippen LogP) is 3.47. The zero-order valence-electron chi connectivity index (χ0n) is 11.7. The van der Waals surface area contributed by atoms with Crippen molar-refractivity contribution >= 4 is 17.2 Å². The van der Waals surface area contributed by atoms with E-state index >= 15 is 0 Å². The normalized spacial score (nSPS) is 10.9. The Morgan fingerprint density at radius 3 is 2.79 bits per heavy atom. The topological polar surface area (TPSA) is 50.7 Å². The van der Waals surface area contributed by atoms with Crippen LogP contribution in [0.3, 0.4) is 0 Å². The molecule has 102 valence electrons. The number of hydrogen-bond donors (Lipinski definition) is 1. The monoisotopic (exact) mass is 276 g/mol. The van der Waals surface area contributed by atoms with Gasteiger partial charge in [-0.2, -0.15) is 0 Å². The minimum absolute atomic E-state index is 0.332. The van der Waals surface area contributed by atoms with Gasteiger partial charge in [-0.15, -0.1) is 11.3 Å². The molecule has 5 heteroatoms. The van der Waals surface area contributed by atoms with Crippen molar-refractivity contribution in [2.24, 2.45) is 0 Å². The van der Waals surface area contributed by atoms with Gasteiger partial charge in [0.15, 0.2) is 0 Å². The summed E-state index contributed by atoms with van der Waals surface area (Å²) < 4.78 is 0. The van der Waals surface area contributed by atoms with E-state index in [9.17, 15) is 0 Å². The average molecular weight is 276 g/mol. The molecule has 0 aliphatic rings. The van der Waals surface area contributed by atoms with Crippen LogP contribution >= 0.6 is 11.3 Å². The highest BCUT2D eigenvalue weighted by atomic mass is 32.1. The SMILES string of the molecule is CCCNc1cc(Cc2nccs2)nc(C(C)C)n1. The van der Waals surface area contributed by atoms with Crippen molar-refractivity contribution in [3.63, 3.8) is 0 Å². The van der Waals surface area contributed by atoms with Gasteiger partial charge in [-0.05, 0) is 6.42 Å². The Labute approximate surface area is 118 Å². The molecule has 0 bridgehead atoms. The second-order valence-corrected chi connectivity index (χ2v) is 5.77. The first-order valence-corrected chi connectivity index (χ1v) is 7.57. The summed E-state index contributed by atoms with van der Waals surface area (Å²) in [5.74, 6) is 2.15. The van der Waals surface area contributed by atoms with Crippen LogP contribution in [0, 0.1) is 0 Å². The van der Waals surface area contributed by atoms with Gasteiger partial charge in [0.05, 0.1) is 10.7 Å². The molecule has 0 amide bonds. The molecule has 0 aliphatic carbocycles. The maximum atomic E-state index is 4.63. The lowest BCUT2D eigenvalue weighted by Crippen LogP contribution is -2.08. The molecule has 2 rings (SSSR count). The minimum atomic E-state index is 0.332. The van der Waals surface area contributed by atoms with Crippen LogP contribution in [-0.4, -0.2) is 21.5 Å². The minimum Gasteiger partial charge on any atom is -0.370 e. The van der Waals surface area contributed by atoms with Gasteiger partial charge in [0.25, 0.3) is 0 Å². The van der Waals surface area contributed by atoms with Crippen LogP contribution < -0.4 is 5.32 Å². The maximum Gasteiger partial charge on any atom is 0.133 e. The quantitative estimate of drug-likeness (QED) is 0.877. The molecule has 0 atom stereocenters. The van der Waals surface area contributed by atoms with E-state index in [4.69, 9.17) is 0 Å². The van der Waals surface area contributed by atoms with Crippen LogP contribution in [0.25, 0.3) is 0 Å². The molecule has 0 radical (unpaired) electrons. The average Bonchev–Trinajstić information content (AvgIpc) is 2.89. The molecule has 0 spiro atoms. The number of thiazole rings is 1. The Hall–Kier alpha value is -1.49. The summed E-state index contributed by atoms with van der Waals surface area (Å²) in [7, 11) is 0. The molecule has 2 heterocycles. The number of nitrogens with zero attached hydrogens (tertiary/aromatic N) is 3. The number of hydrogen-bond acceptors (Lipinski definition) is 5. The molecule has 0 saturated heterocycles. The fourth-order valence-corrected chi connectivity index (χ4v) is 2.34. The Kier molecular flexibility index (Phi) is 4.85. The standard InChI is InChI=1S/C14H20N4S/c1-4-5-15-12-8-11(9-13-16-6-7-19-13)17-14(18-12)10(2)3/h6-8,10H,4-5,9H2,1-3H3,(H,15,17,18). The van der Waals surface area contributed by atoms with Crippen molar-refractivity contribution in [3.8, 4) is 0 Å². The highest BCUT2D eigenvalue weighted by Crippen LogP contribution is 2.17. The van der Waals surface area contributed by atoms with Crippen molar-refractivity contribution in [3.05, 3.63) is 34.2 Å². The van der Waals surface area contributed by atoms with Gasteiger partial charge in [0, 0.05) is 36.5 Å². The summed E-state index contributed by atoms with van der Waals surface area (Å²) in [6.07, 6.45) is 3.70. The van der Waals surface area contributed by atoms with E-state index in [2.05, 4.69) is 41.0 Å². The summed E-state index contributed by atoms with van der Waals surface area (Å²) in [4.78, 5) is 13.5. The molecule has 19 heavy (non-hydrogen) atoms.